The molecule has 1 aromatic rings. The first kappa shape index (κ1) is 13.0. The monoisotopic (exact) mass is 256 g/mol. The molecule has 0 spiro atoms. The molecule has 2 heterocycles. The van der Waals surface area contributed by atoms with E-state index in [0.717, 1.165) is 19.0 Å². The first-order valence-corrected chi connectivity index (χ1v) is 6.13. The lowest BCUT2D eigenvalue weighted by atomic mass is 10.0. The number of nitrogen functional groups attached to an aromatic ring is 1. The van der Waals surface area contributed by atoms with E-state index in [1.165, 1.54) is 12.8 Å². The number of piperidine rings is 1. The summed E-state index contributed by atoms with van der Waals surface area (Å²) in [5, 5.41) is 2.91. The van der Waals surface area contributed by atoms with Crippen LogP contribution in [-0.2, 0) is 0 Å². The van der Waals surface area contributed by atoms with E-state index in [0.29, 0.717) is 12.6 Å². The average Bonchev–Trinajstić information content (AvgIpc) is 2.34. The highest BCUT2D eigenvalue weighted by Crippen LogP contribution is 2.19. The molecule has 1 aromatic heterocycles. The van der Waals surface area contributed by atoms with E-state index in [9.17, 15) is 8.78 Å². The van der Waals surface area contributed by atoms with Crippen molar-refractivity contribution in [2.45, 2.75) is 25.3 Å². The number of anilines is 2. The molecule has 1 atom stereocenters. The van der Waals surface area contributed by atoms with Gasteiger partial charge in [0.1, 0.15) is 0 Å². The van der Waals surface area contributed by atoms with Crippen molar-refractivity contribution in [3.63, 3.8) is 0 Å². The number of nitrogens with one attached hydrogen (secondary N) is 1. The van der Waals surface area contributed by atoms with E-state index in [1.54, 1.807) is 0 Å². The van der Waals surface area contributed by atoms with Crippen molar-refractivity contribution in [2.24, 2.45) is 0 Å². The number of hydrogen-bond acceptors (Lipinski definition) is 4. The fraction of sp³-hybridized carbons (Fsp3) is 0.583. The highest BCUT2D eigenvalue weighted by atomic mass is 19.1. The number of likely N-dealkylation sites (tertiary alicyclic amines) is 1. The fourth-order valence-corrected chi connectivity index (χ4v) is 2.22. The van der Waals surface area contributed by atoms with E-state index >= 15 is 0 Å². The molecule has 1 unspecified atom stereocenters. The molecular formula is C12H18F2N4. The Kier molecular flexibility index (Phi) is 3.96. The first-order chi connectivity index (χ1) is 8.58. The second-order valence-corrected chi connectivity index (χ2v) is 4.70. The summed E-state index contributed by atoms with van der Waals surface area (Å²) in [4.78, 5) is 5.92. The molecule has 0 bridgehead atoms. The highest BCUT2D eigenvalue weighted by Gasteiger charge is 2.19. The van der Waals surface area contributed by atoms with E-state index in [4.69, 9.17) is 5.73 Å². The standard InChI is InChI=1S/C12H18F2N4/c1-18-5-3-2-4-8(18)7-16-12-10(14)6-9(13)11(15)17-12/h6,8H,2-5,7H2,1H3,(H3,15,16,17). The molecule has 100 valence electrons. The largest absolute Gasteiger partial charge is 0.381 e. The minimum Gasteiger partial charge on any atom is -0.381 e. The Balaban J connectivity index is 1.99. The topological polar surface area (TPSA) is 54.2 Å². The summed E-state index contributed by atoms with van der Waals surface area (Å²) in [6.45, 7) is 1.64. The number of rotatable bonds is 3. The van der Waals surface area contributed by atoms with Gasteiger partial charge in [0, 0.05) is 18.7 Å². The van der Waals surface area contributed by atoms with Gasteiger partial charge in [-0.1, -0.05) is 6.42 Å². The summed E-state index contributed by atoms with van der Waals surface area (Å²) in [6, 6.07) is 1.11. The van der Waals surface area contributed by atoms with Gasteiger partial charge in [0.2, 0.25) is 0 Å². The van der Waals surface area contributed by atoms with Crippen LogP contribution in [0.15, 0.2) is 6.07 Å². The minimum atomic E-state index is -0.826. The molecule has 4 nitrogen and oxygen atoms in total. The van der Waals surface area contributed by atoms with E-state index in [2.05, 4.69) is 15.2 Å². The summed E-state index contributed by atoms with van der Waals surface area (Å²) < 4.78 is 26.4. The Morgan fingerprint density at radius 1 is 1.44 bits per heavy atom. The molecular weight excluding hydrogens is 238 g/mol. The van der Waals surface area contributed by atoms with Crippen LogP contribution >= 0.6 is 0 Å². The maximum Gasteiger partial charge on any atom is 0.168 e. The maximum atomic E-state index is 13.4. The molecule has 1 fully saturated rings. The summed E-state index contributed by atoms with van der Waals surface area (Å²) >= 11 is 0. The normalized spacial score (nSPS) is 20.9. The predicted molar refractivity (Wildman–Crippen MR) is 67.3 cm³/mol. The minimum absolute atomic E-state index is 0.0212. The predicted octanol–water partition coefficient (Wildman–Crippen LogP) is 1.84. The Morgan fingerprint density at radius 3 is 2.94 bits per heavy atom. The fourth-order valence-electron chi connectivity index (χ4n) is 2.22. The molecule has 0 amide bonds. The van der Waals surface area contributed by atoms with Crippen molar-refractivity contribution in [3.8, 4) is 0 Å². The molecule has 6 heteroatoms. The van der Waals surface area contributed by atoms with Crippen LogP contribution in [0.2, 0.25) is 0 Å². The molecule has 0 saturated carbocycles. The van der Waals surface area contributed by atoms with Crippen LogP contribution in [0.25, 0.3) is 0 Å². The van der Waals surface area contributed by atoms with Gasteiger partial charge in [0.15, 0.2) is 23.3 Å². The smallest absolute Gasteiger partial charge is 0.168 e. The number of likely N-dealkylation sites (N-methyl/N-ethyl adjacent to an activating group) is 1. The van der Waals surface area contributed by atoms with Crippen LogP contribution < -0.4 is 11.1 Å². The zero-order valence-corrected chi connectivity index (χ0v) is 10.4. The number of pyridine rings is 1. The van der Waals surface area contributed by atoms with Gasteiger partial charge in [0.05, 0.1) is 0 Å². The van der Waals surface area contributed by atoms with E-state index in [1.807, 2.05) is 7.05 Å². The van der Waals surface area contributed by atoms with Crippen molar-refractivity contribution in [1.82, 2.24) is 9.88 Å². The third-order valence-electron chi connectivity index (χ3n) is 3.38. The number of aromatic nitrogens is 1. The molecule has 1 aliphatic rings. The van der Waals surface area contributed by atoms with Gasteiger partial charge in [-0.15, -0.1) is 0 Å². The maximum absolute atomic E-state index is 13.4. The van der Waals surface area contributed by atoms with Gasteiger partial charge in [-0.25, -0.2) is 13.8 Å². The molecule has 2 rings (SSSR count). The number of nitrogens with two attached hydrogens (primary N) is 1. The third-order valence-corrected chi connectivity index (χ3v) is 3.38. The Labute approximate surface area is 105 Å². The van der Waals surface area contributed by atoms with Crippen molar-refractivity contribution < 1.29 is 8.78 Å². The van der Waals surface area contributed by atoms with Crippen molar-refractivity contribution in [2.75, 3.05) is 31.2 Å². The van der Waals surface area contributed by atoms with Gasteiger partial charge in [-0.2, -0.15) is 0 Å². The summed E-state index contributed by atoms with van der Waals surface area (Å²) in [7, 11) is 2.05. The molecule has 3 N–H and O–H groups in total. The van der Waals surface area contributed by atoms with Crippen molar-refractivity contribution in [1.29, 1.82) is 0 Å². The third kappa shape index (κ3) is 2.87. The van der Waals surface area contributed by atoms with Crippen LogP contribution in [0, 0.1) is 11.6 Å². The lowest BCUT2D eigenvalue weighted by molar-refractivity contribution is 0.194. The van der Waals surface area contributed by atoms with Crippen LogP contribution in [0.3, 0.4) is 0 Å². The van der Waals surface area contributed by atoms with E-state index < -0.39 is 11.6 Å². The average molecular weight is 256 g/mol. The van der Waals surface area contributed by atoms with Gasteiger partial charge in [-0.05, 0) is 26.4 Å². The highest BCUT2D eigenvalue weighted by molar-refractivity contribution is 5.44. The lowest BCUT2D eigenvalue weighted by Crippen LogP contribution is -2.41. The number of hydrogen-bond donors (Lipinski definition) is 2. The summed E-state index contributed by atoms with van der Waals surface area (Å²) in [6.07, 6.45) is 3.45. The SMILES string of the molecule is CN1CCCCC1CNc1nc(N)c(F)cc1F. The van der Waals surface area contributed by atoms with Gasteiger partial charge < -0.3 is 16.0 Å². The molecule has 0 aliphatic carbocycles. The number of halogens is 2. The Morgan fingerprint density at radius 2 is 2.22 bits per heavy atom. The van der Waals surface area contributed by atoms with Crippen molar-refractivity contribution in [3.05, 3.63) is 17.7 Å². The second kappa shape index (κ2) is 5.48. The Hall–Kier alpha value is -1.43. The summed E-state index contributed by atoms with van der Waals surface area (Å²) in [5.41, 5.74) is 5.32. The van der Waals surface area contributed by atoms with Gasteiger partial charge in [0.25, 0.3) is 0 Å². The van der Waals surface area contributed by atoms with Crippen LogP contribution in [0.1, 0.15) is 19.3 Å². The lowest BCUT2D eigenvalue weighted by Gasteiger charge is -2.32. The molecule has 1 saturated heterocycles. The molecule has 18 heavy (non-hydrogen) atoms. The van der Waals surface area contributed by atoms with E-state index in [-0.39, 0.29) is 11.6 Å². The van der Waals surface area contributed by atoms with Gasteiger partial charge >= 0.3 is 0 Å². The molecule has 0 aromatic carbocycles. The Bertz CT molecular complexity index is 425. The zero-order chi connectivity index (χ0) is 13.1. The zero-order valence-electron chi connectivity index (χ0n) is 10.4. The molecule has 1 aliphatic heterocycles. The number of nitrogens with zero attached hydrogens (tertiary/aromatic N) is 2. The quantitative estimate of drug-likeness (QED) is 0.866. The summed E-state index contributed by atoms with van der Waals surface area (Å²) in [5.74, 6) is -1.79. The first-order valence-electron chi connectivity index (χ1n) is 6.13. The van der Waals surface area contributed by atoms with Crippen molar-refractivity contribution >= 4 is 11.6 Å². The van der Waals surface area contributed by atoms with Crippen LogP contribution in [0.5, 0.6) is 0 Å². The second-order valence-electron chi connectivity index (χ2n) is 4.70. The van der Waals surface area contributed by atoms with Gasteiger partial charge in [-0.3, -0.25) is 0 Å². The van der Waals surface area contributed by atoms with Crippen LogP contribution in [0.4, 0.5) is 20.4 Å². The molecule has 0 radical (unpaired) electrons. The van der Waals surface area contributed by atoms with Crippen LogP contribution in [-0.4, -0.2) is 36.1 Å².